The summed E-state index contributed by atoms with van der Waals surface area (Å²) in [5, 5.41) is 0. The minimum absolute atomic E-state index is 0.0772. The molecule has 0 unspecified atom stereocenters. The van der Waals surface area contributed by atoms with Crippen molar-refractivity contribution in [2.45, 2.75) is 4.90 Å². The van der Waals surface area contributed by atoms with Gasteiger partial charge in [0.25, 0.3) is 0 Å². The van der Waals surface area contributed by atoms with E-state index in [2.05, 4.69) is 4.72 Å². The Morgan fingerprint density at radius 3 is 2.52 bits per heavy atom. The van der Waals surface area contributed by atoms with E-state index in [1.165, 1.54) is 32.4 Å². The lowest BCUT2D eigenvalue weighted by molar-refractivity contribution is 0.0549. The third kappa shape index (κ3) is 4.91. The molecular weight excluding hydrogens is 342 g/mol. The van der Waals surface area contributed by atoms with Crippen LogP contribution in [0.25, 0.3) is 6.08 Å². The summed E-state index contributed by atoms with van der Waals surface area (Å²) >= 11 is 0. The largest absolute Gasteiger partial charge is 0.495 e. The van der Waals surface area contributed by atoms with E-state index in [-0.39, 0.29) is 22.8 Å². The van der Waals surface area contributed by atoms with Crippen LogP contribution in [0.1, 0.15) is 15.9 Å². The van der Waals surface area contributed by atoms with Crippen LogP contribution in [0.4, 0.5) is 0 Å². The van der Waals surface area contributed by atoms with Gasteiger partial charge in [-0.25, -0.2) is 17.9 Å². The maximum Gasteiger partial charge on any atom is 0.338 e. The quantitative estimate of drug-likeness (QED) is 0.766. The number of esters is 1. The van der Waals surface area contributed by atoms with Crippen LogP contribution in [-0.2, 0) is 14.8 Å². The molecule has 6 nitrogen and oxygen atoms in total. The fraction of sp³-hybridized carbons (Fsp3) is 0.167. The fourth-order valence-corrected chi connectivity index (χ4v) is 3.00. The van der Waals surface area contributed by atoms with Crippen LogP contribution in [0, 0.1) is 0 Å². The molecule has 0 aliphatic rings. The Hall–Kier alpha value is -2.64. The molecular formula is C18H19NO5S. The van der Waals surface area contributed by atoms with E-state index in [0.29, 0.717) is 0 Å². The Morgan fingerprint density at radius 1 is 1.16 bits per heavy atom. The van der Waals surface area contributed by atoms with Gasteiger partial charge in [-0.15, -0.1) is 0 Å². The molecule has 2 aromatic rings. The molecule has 0 aromatic heterocycles. The van der Waals surface area contributed by atoms with Crippen LogP contribution in [0.15, 0.2) is 59.5 Å². The van der Waals surface area contributed by atoms with Crippen LogP contribution in [0.2, 0.25) is 0 Å². The summed E-state index contributed by atoms with van der Waals surface area (Å²) in [6.45, 7) is 0.0772. The van der Waals surface area contributed by atoms with E-state index in [1.807, 2.05) is 36.4 Å². The van der Waals surface area contributed by atoms with Crippen molar-refractivity contribution in [2.75, 3.05) is 20.8 Å². The second-order valence-corrected chi connectivity index (χ2v) is 6.84. The van der Waals surface area contributed by atoms with Crippen LogP contribution >= 0.6 is 0 Å². The van der Waals surface area contributed by atoms with E-state index in [1.54, 1.807) is 6.08 Å². The highest BCUT2D eigenvalue weighted by molar-refractivity contribution is 7.89. The number of benzene rings is 2. The van der Waals surface area contributed by atoms with E-state index in [0.717, 1.165) is 5.56 Å². The number of hydrogen-bond donors (Lipinski definition) is 1. The summed E-state index contributed by atoms with van der Waals surface area (Å²) in [5.41, 5.74) is 1.12. The van der Waals surface area contributed by atoms with Gasteiger partial charge in [0.1, 0.15) is 17.3 Å². The highest BCUT2D eigenvalue weighted by Crippen LogP contribution is 2.25. The minimum Gasteiger partial charge on any atom is -0.495 e. The molecule has 132 valence electrons. The lowest BCUT2D eigenvalue weighted by Gasteiger charge is -2.10. The first-order valence-corrected chi connectivity index (χ1v) is 8.96. The van der Waals surface area contributed by atoms with Gasteiger partial charge in [0.05, 0.1) is 12.7 Å². The average molecular weight is 361 g/mol. The van der Waals surface area contributed by atoms with E-state index in [4.69, 9.17) is 9.47 Å². The van der Waals surface area contributed by atoms with Crippen LogP contribution < -0.4 is 9.46 Å². The van der Waals surface area contributed by atoms with Gasteiger partial charge >= 0.3 is 5.97 Å². The molecule has 1 N–H and O–H groups in total. The molecule has 0 aliphatic carbocycles. The van der Waals surface area contributed by atoms with Crippen LogP contribution in [0.3, 0.4) is 0 Å². The summed E-state index contributed by atoms with van der Waals surface area (Å²) in [7, 11) is -1.11. The zero-order chi connectivity index (χ0) is 18.3. The van der Waals surface area contributed by atoms with Gasteiger partial charge in [-0.2, -0.15) is 0 Å². The van der Waals surface area contributed by atoms with Gasteiger partial charge in [-0.05, 0) is 36.9 Å². The lowest BCUT2D eigenvalue weighted by atomic mass is 10.2. The van der Waals surface area contributed by atoms with Crippen LogP contribution in [-0.4, -0.2) is 35.2 Å². The van der Waals surface area contributed by atoms with Crippen molar-refractivity contribution >= 4 is 22.1 Å². The van der Waals surface area contributed by atoms with Gasteiger partial charge in [0.15, 0.2) is 0 Å². The van der Waals surface area contributed by atoms with Crippen molar-refractivity contribution < 1.29 is 22.7 Å². The van der Waals surface area contributed by atoms with Crippen molar-refractivity contribution in [1.82, 2.24) is 4.72 Å². The summed E-state index contributed by atoms with van der Waals surface area (Å²) < 4.78 is 36.4. The van der Waals surface area contributed by atoms with E-state index < -0.39 is 16.0 Å². The monoisotopic (exact) mass is 361 g/mol. The summed E-state index contributed by atoms with van der Waals surface area (Å²) in [6.07, 6.45) is 3.54. The molecule has 0 saturated heterocycles. The van der Waals surface area contributed by atoms with E-state index in [9.17, 15) is 13.2 Å². The average Bonchev–Trinajstić information content (AvgIpc) is 2.65. The SMILES string of the molecule is CNS(=O)(=O)c1cc(C(=O)OC/C=C/c2ccccc2)ccc1OC. The molecule has 0 radical (unpaired) electrons. The summed E-state index contributed by atoms with van der Waals surface area (Å²) in [4.78, 5) is 12.0. The molecule has 2 aromatic carbocycles. The van der Waals surface area contributed by atoms with Crippen molar-refractivity contribution in [3.05, 3.63) is 65.7 Å². The van der Waals surface area contributed by atoms with E-state index >= 15 is 0 Å². The molecule has 0 bridgehead atoms. The number of nitrogens with one attached hydrogen (secondary N) is 1. The van der Waals surface area contributed by atoms with Crippen molar-refractivity contribution in [3.8, 4) is 5.75 Å². The normalized spacial score (nSPS) is 11.4. The highest BCUT2D eigenvalue weighted by Gasteiger charge is 2.20. The molecule has 7 heteroatoms. The maximum atomic E-state index is 12.1. The first kappa shape index (κ1) is 18.7. The van der Waals surface area contributed by atoms with Gasteiger partial charge in [0, 0.05) is 0 Å². The number of rotatable bonds is 7. The molecule has 25 heavy (non-hydrogen) atoms. The molecule has 0 spiro atoms. The number of carbonyl (C=O) groups is 1. The Balaban J connectivity index is 2.09. The van der Waals surface area contributed by atoms with Gasteiger partial charge in [0.2, 0.25) is 10.0 Å². The van der Waals surface area contributed by atoms with Gasteiger partial charge in [-0.3, -0.25) is 0 Å². The first-order valence-electron chi connectivity index (χ1n) is 7.48. The second kappa shape index (κ2) is 8.46. The third-order valence-electron chi connectivity index (χ3n) is 3.38. The standard InChI is InChI=1S/C18H19NO5S/c1-19-25(21,22)17-13-15(10-11-16(17)23-2)18(20)24-12-6-9-14-7-4-3-5-8-14/h3-11,13,19H,12H2,1-2H3/b9-6+. The number of carbonyl (C=O) groups excluding carboxylic acids is 1. The maximum absolute atomic E-state index is 12.1. The molecule has 0 heterocycles. The number of ether oxygens (including phenoxy) is 2. The Labute approximate surface area is 147 Å². The number of sulfonamides is 1. The molecule has 0 fully saturated rings. The zero-order valence-electron chi connectivity index (χ0n) is 13.9. The summed E-state index contributed by atoms with van der Waals surface area (Å²) in [5.74, 6) is -0.470. The fourth-order valence-electron chi connectivity index (χ4n) is 2.08. The van der Waals surface area contributed by atoms with Crippen molar-refractivity contribution in [2.24, 2.45) is 0 Å². The second-order valence-electron chi connectivity index (χ2n) is 4.98. The zero-order valence-corrected chi connectivity index (χ0v) is 14.7. The van der Waals surface area contributed by atoms with Gasteiger partial charge < -0.3 is 9.47 Å². The molecule has 2 rings (SSSR count). The highest BCUT2D eigenvalue weighted by atomic mass is 32.2. The number of hydrogen-bond acceptors (Lipinski definition) is 5. The third-order valence-corrected chi connectivity index (χ3v) is 4.81. The Kier molecular flexibility index (Phi) is 6.32. The van der Waals surface area contributed by atoms with Crippen molar-refractivity contribution in [1.29, 1.82) is 0 Å². The topological polar surface area (TPSA) is 81.7 Å². The Bertz CT molecular complexity index is 860. The van der Waals surface area contributed by atoms with Crippen LogP contribution in [0.5, 0.6) is 5.75 Å². The molecule has 0 saturated carbocycles. The first-order chi connectivity index (χ1) is 12.0. The molecule has 0 amide bonds. The minimum atomic E-state index is -3.75. The van der Waals surface area contributed by atoms with Crippen molar-refractivity contribution in [3.63, 3.8) is 0 Å². The predicted molar refractivity (Wildman–Crippen MR) is 95.0 cm³/mol. The Morgan fingerprint density at radius 2 is 1.88 bits per heavy atom. The predicted octanol–water partition coefficient (Wildman–Crippen LogP) is 2.47. The smallest absolute Gasteiger partial charge is 0.338 e. The summed E-state index contributed by atoms with van der Waals surface area (Å²) in [6, 6.07) is 13.7. The number of methoxy groups -OCH3 is 1. The van der Waals surface area contributed by atoms with Gasteiger partial charge in [-0.1, -0.05) is 36.4 Å². The molecule has 0 atom stereocenters. The molecule has 0 aliphatic heterocycles. The lowest BCUT2D eigenvalue weighted by Crippen LogP contribution is -2.20.